The number of halogens is 1. The molecule has 3 rings (SSSR count). The molecule has 0 aliphatic carbocycles. The van der Waals surface area contributed by atoms with Crippen molar-refractivity contribution in [1.29, 1.82) is 0 Å². The molecule has 0 unspecified atom stereocenters. The van der Waals surface area contributed by atoms with Crippen LogP contribution >= 0.6 is 22.9 Å². The number of rotatable bonds is 4. The number of fused-ring (bicyclic) bond motifs is 1. The van der Waals surface area contributed by atoms with Crippen molar-refractivity contribution in [3.8, 4) is 0 Å². The Morgan fingerprint density at radius 2 is 1.96 bits per heavy atom. The summed E-state index contributed by atoms with van der Waals surface area (Å²) in [4.78, 5) is 17.5. The zero-order valence-corrected chi connectivity index (χ0v) is 16.7. The van der Waals surface area contributed by atoms with E-state index >= 15 is 0 Å². The molecule has 0 fully saturated rings. The molecule has 2 aromatic carbocycles. The van der Waals surface area contributed by atoms with Gasteiger partial charge in [0.2, 0.25) is 0 Å². The molecule has 0 spiro atoms. The van der Waals surface area contributed by atoms with Crippen LogP contribution in [0.4, 0.5) is 0 Å². The highest BCUT2D eigenvalue weighted by Gasteiger charge is 2.14. The van der Waals surface area contributed by atoms with Crippen LogP contribution in [0.3, 0.4) is 0 Å². The highest BCUT2D eigenvalue weighted by Crippen LogP contribution is 2.22. The van der Waals surface area contributed by atoms with E-state index in [9.17, 15) is 13.2 Å². The first-order valence-electron chi connectivity index (χ1n) is 8.06. The number of thiazole rings is 1. The molecule has 0 N–H and O–H groups in total. The third-order valence-electron chi connectivity index (χ3n) is 3.98. The number of hydrogen-bond acceptors (Lipinski definition) is 4. The second-order valence-electron chi connectivity index (χ2n) is 5.59. The minimum absolute atomic E-state index is 0.0192. The van der Waals surface area contributed by atoms with Gasteiger partial charge in [-0.1, -0.05) is 35.9 Å². The molecule has 136 valence electrons. The van der Waals surface area contributed by atoms with Gasteiger partial charge in [-0.3, -0.25) is 4.79 Å². The van der Waals surface area contributed by atoms with Crippen molar-refractivity contribution in [2.75, 3.05) is 5.75 Å². The highest BCUT2D eigenvalue weighted by atomic mass is 35.5. The summed E-state index contributed by atoms with van der Waals surface area (Å²) in [5.74, 6) is -0.493. The fraction of sp³-hybridized carbons (Fsp3) is 0.222. The van der Waals surface area contributed by atoms with Crippen LogP contribution in [0.2, 0.25) is 5.02 Å². The summed E-state index contributed by atoms with van der Waals surface area (Å²) in [6.07, 6.45) is 0. The van der Waals surface area contributed by atoms with Gasteiger partial charge < -0.3 is 4.57 Å². The monoisotopic (exact) mass is 408 g/mol. The molecule has 5 nitrogen and oxygen atoms in total. The largest absolute Gasteiger partial charge is 0.317 e. The van der Waals surface area contributed by atoms with Gasteiger partial charge in [-0.05, 0) is 43.3 Å². The standard InChI is InChI=1S/C18H17ClN2O3S2/c1-3-21-15-9-8-13(19)11-16(15)25-18(21)20-17(22)12-6-5-7-14(10-12)26(23,24)4-2/h5-11H,3-4H2,1-2H3. The number of carbonyl (C=O) groups excluding carboxylic acids is 1. The molecule has 0 aliphatic heterocycles. The molecule has 26 heavy (non-hydrogen) atoms. The Bertz CT molecular complexity index is 1160. The zero-order chi connectivity index (χ0) is 18.9. The number of carbonyl (C=O) groups is 1. The number of benzene rings is 2. The third-order valence-corrected chi connectivity index (χ3v) is 6.99. The van der Waals surface area contributed by atoms with E-state index in [2.05, 4.69) is 4.99 Å². The van der Waals surface area contributed by atoms with Crippen LogP contribution in [0.1, 0.15) is 24.2 Å². The Hall–Kier alpha value is -1.96. The lowest BCUT2D eigenvalue weighted by molar-refractivity contribution is 0.0997. The number of sulfone groups is 1. The summed E-state index contributed by atoms with van der Waals surface area (Å²) in [7, 11) is -3.38. The van der Waals surface area contributed by atoms with Crippen LogP contribution in [0.15, 0.2) is 52.4 Å². The van der Waals surface area contributed by atoms with Gasteiger partial charge in [-0.15, -0.1) is 0 Å². The molecule has 0 radical (unpaired) electrons. The lowest BCUT2D eigenvalue weighted by atomic mass is 10.2. The maximum absolute atomic E-state index is 12.6. The van der Waals surface area contributed by atoms with Crippen LogP contribution in [0.25, 0.3) is 10.2 Å². The van der Waals surface area contributed by atoms with Crippen LogP contribution < -0.4 is 4.80 Å². The van der Waals surface area contributed by atoms with Crippen LogP contribution in [-0.2, 0) is 16.4 Å². The van der Waals surface area contributed by atoms with Crippen molar-refractivity contribution in [3.63, 3.8) is 0 Å². The summed E-state index contributed by atoms with van der Waals surface area (Å²) < 4.78 is 26.9. The van der Waals surface area contributed by atoms with Crippen LogP contribution in [0.5, 0.6) is 0 Å². The minimum Gasteiger partial charge on any atom is -0.317 e. The highest BCUT2D eigenvalue weighted by molar-refractivity contribution is 7.91. The summed E-state index contributed by atoms with van der Waals surface area (Å²) in [6, 6.07) is 11.5. The number of aryl methyl sites for hydroxylation is 1. The van der Waals surface area contributed by atoms with Gasteiger partial charge in [-0.2, -0.15) is 4.99 Å². The van der Waals surface area contributed by atoms with Crippen LogP contribution in [0, 0.1) is 0 Å². The summed E-state index contributed by atoms with van der Waals surface area (Å²) in [5.41, 5.74) is 1.20. The molecular formula is C18H17ClN2O3S2. The second kappa shape index (κ2) is 7.34. The van der Waals surface area contributed by atoms with E-state index in [1.54, 1.807) is 25.1 Å². The first kappa shape index (κ1) is 18.8. The molecule has 0 saturated carbocycles. The van der Waals surface area contributed by atoms with Crippen molar-refractivity contribution in [1.82, 2.24) is 4.57 Å². The van der Waals surface area contributed by atoms with Gasteiger partial charge in [-0.25, -0.2) is 8.42 Å². The predicted molar refractivity (Wildman–Crippen MR) is 105 cm³/mol. The lowest BCUT2D eigenvalue weighted by Crippen LogP contribution is -2.16. The van der Waals surface area contributed by atoms with E-state index in [1.807, 2.05) is 23.6 Å². The van der Waals surface area contributed by atoms with Crippen molar-refractivity contribution in [2.45, 2.75) is 25.3 Å². The first-order chi connectivity index (χ1) is 12.4. The van der Waals surface area contributed by atoms with Gasteiger partial charge in [0.05, 0.1) is 20.9 Å². The maximum atomic E-state index is 12.6. The second-order valence-corrected chi connectivity index (χ2v) is 9.31. The fourth-order valence-corrected chi connectivity index (χ4v) is 4.87. The zero-order valence-electron chi connectivity index (χ0n) is 14.3. The molecule has 1 heterocycles. The van der Waals surface area contributed by atoms with E-state index in [0.717, 1.165) is 10.2 Å². The molecule has 8 heteroatoms. The Morgan fingerprint density at radius 1 is 1.19 bits per heavy atom. The van der Waals surface area contributed by atoms with E-state index in [0.29, 0.717) is 16.4 Å². The average Bonchev–Trinajstić information content (AvgIpc) is 2.97. The quantitative estimate of drug-likeness (QED) is 0.657. The Balaban J connectivity index is 2.10. The molecule has 0 atom stereocenters. The molecular weight excluding hydrogens is 392 g/mol. The van der Waals surface area contributed by atoms with Crippen molar-refractivity contribution in [2.24, 2.45) is 4.99 Å². The predicted octanol–water partition coefficient (Wildman–Crippen LogP) is 3.91. The Kier molecular flexibility index (Phi) is 5.32. The van der Waals surface area contributed by atoms with Gasteiger partial charge in [0.1, 0.15) is 0 Å². The summed E-state index contributed by atoms with van der Waals surface area (Å²) in [6.45, 7) is 4.19. The third kappa shape index (κ3) is 3.60. The molecule has 1 amide bonds. The normalized spacial score (nSPS) is 12.7. The fourth-order valence-electron chi connectivity index (χ4n) is 2.58. The van der Waals surface area contributed by atoms with Crippen LogP contribution in [-0.4, -0.2) is 24.6 Å². The molecule has 1 aromatic heterocycles. The minimum atomic E-state index is -3.38. The molecule has 3 aromatic rings. The van der Waals surface area contributed by atoms with E-state index in [4.69, 9.17) is 11.6 Å². The number of hydrogen-bond donors (Lipinski definition) is 0. The topological polar surface area (TPSA) is 68.5 Å². The van der Waals surface area contributed by atoms with Gasteiger partial charge in [0.25, 0.3) is 5.91 Å². The van der Waals surface area contributed by atoms with Gasteiger partial charge in [0.15, 0.2) is 14.6 Å². The first-order valence-corrected chi connectivity index (χ1v) is 10.9. The van der Waals surface area contributed by atoms with E-state index < -0.39 is 15.7 Å². The summed E-state index contributed by atoms with van der Waals surface area (Å²) >= 11 is 7.41. The van der Waals surface area contributed by atoms with E-state index in [-0.39, 0.29) is 16.2 Å². The Labute approximate surface area is 160 Å². The van der Waals surface area contributed by atoms with Gasteiger partial charge in [0, 0.05) is 17.1 Å². The smallest absolute Gasteiger partial charge is 0.279 e. The molecule has 0 bridgehead atoms. The molecule has 0 aliphatic rings. The van der Waals surface area contributed by atoms with Crippen molar-refractivity contribution in [3.05, 3.63) is 57.9 Å². The molecule has 0 saturated heterocycles. The van der Waals surface area contributed by atoms with E-state index in [1.165, 1.54) is 23.5 Å². The Morgan fingerprint density at radius 3 is 2.65 bits per heavy atom. The SMILES string of the molecule is CCn1c(=NC(=O)c2cccc(S(=O)(=O)CC)c2)sc2cc(Cl)ccc21. The van der Waals surface area contributed by atoms with Crippen molar-refractivity contribution >= 4 is 48.9 Å². The number of amides is 1. The number of nitrogens with zero attached hydrogens (tertiary/aromatic N) is 2. The maximum Gasteiger partial charge on any atom is 0.279 e. The average molecular weight is 409 g/mol. The summed E-state index contributed by atoms with van der Waals surface area (Å²) in [5, 5.41) is 0.623. The van der Waals surface area contributed by atoms with Crippen molar-refractivity contribution < 1.29 is 13.2 Å². The lowest BCUT2D eigenvalue weighted by Gasteiger charge is -2.03. The van der Waals surface area contributed by atoms with Gasteiger partial charge >= 0.3 is 0 Å². The number of aromatic nitrogens is 1.